The van der Waals surface area contributed by atoms with Crippen molar-refractivity contribution >= 4 is 22.8 Å². The lowest BCUT2D eigenvalue weighted by atomic mass is 9.73. The molecular formula is C33H39NO5. The van der Waals surface area contributed by atoms with Crippen LogP contribution in [0.3, 0.4) is 0 Å². The molecule has 2 atom stereocenters. The second kappa shape index (κ2) is 9.42. The molecule has 1 aliphatic heterocycles. The molecule has 0 saturated heterocycles. The molecule has 0 radical (unpaired) electrons. The summed E-state index contributed by atoms with van der Waals surface area (Å²) in [7, 11) is 1.67. The van der Waals surface area contributed by atoms with Crippen LogP contribution in [0.1, 0.15) is 105 Å². The van der Waals surface area contributed by atoms with Crippen molar-refractivity contribution in [2.45, 2.75) is 96.1 Å². The molecule has 1 aromatic heterocycles. The summed E-state index contributed by atoms with van der Waals surface area (Å²) in [5, 5.41) is 11.9. The van der Waals surface area contributed by atoms with Gasteiger partial charge in [0.25, 0.3) is 0 Å². The van der Waals surface area contributed by atoms with Gasteiger partial charge in [0.2, 0.25) is 0 Å². The van der Waals surface area contributed by atoms with Gasteiger partial charge in [-0.1, -0.05) is 31.7 Å². The van der Waals surface area contributed by atoms with E-state index < -0.39 is 17.0 Å². The normalized spacial score (nSPS) is 23.0. The van der Waals surface area contributed by atoms with Gasteiger partial charge < -0.3 is 19.1 Å². The predicted molar refractivity (Wildman–Crippen MR) is 152 cm³/mol. The molecule has 3 aromatic rings. The summed E-state index contributed by atoms with van der Waals surface area (Å²) < 4.78 is 13.6. The van der Waals surface area contributed by atoms with Gasteiger partial charge in [-0.15, -0.1) is 0 Å². The quantitative estimate of drug-likeness (QED) is 0.351. The van der Waals surface area contributed by atoms with Gasteiger partial charge in [0.15, 0.2) is 0 Å². The number of hydrogen-bond acceptors (Lipinski definition) is 4. The molecule has 0 amide bonds. The van der Waals surface area contributed by atoms with Gasteiger partial charge in [-0.2, -0.15) is 0 Å². The zero-order valence-electron chi connectivity index (χ0n) is 23.5. The Kier molecular flexibility index (Phi) is 6.28. The van der Waals surface area contributed by atoms with Crippen molar-refractivity contribution < 1.29 is 24.2 Å². The first-order valence-corrected chi connectivity index (χ1v) is 14.4. The maximum Gasteiger partial charge on any atom is 0.338 e. The lowest BCUT2D eigenvalue weighted by molar-refractivity contribution is -0.150. The Hall–Kier alpha value is -3.28. The Labute approximate surface area is 230 Å². The second-order valence-corrected chi connectivity index (χ2v) is 12.8. The molecule has 6 heteroatoms. The van der Waals surface area contributed by atoms with Crippen LogP contribution in [0.2, 0.25) is 0 Å². The number of carboxylic acid groups (broad SMARTS) is 1. The lowest BCUT2D eigenvalue weighted by Crippen LogP contribution is -2.37. The van der Waals surface area contributed by atoms with Crippen LogP contribution in [0.4, 0.5) is 0 Å². The fraction of sp³-hybridized carbons (Fsp3) is 0.515. The highest BCUT2D eigenvalue weighted by Gasteiger charge is 2.53. The highest BCUT2D eigenvalue weighted by molar-refractivity contribution is 5.99. The van der Waals surface area contributed by atoms with Gasteiger partial charge in [-0.25, -0.2) is 4.79 Å². The van der Waals surface area contributed by atoms with E-state index in [2.05, 4.69) is 22.8 Å². The molecule has 6 nitrogen and oxygen atoms in total. The number of aromatic nitrogens is 1. The highest BCUT2D eigenvalue weighted by Crippen LogP contribution is 2.58. The molecule has 2 aliphatic carbocycles. The standard InChI is InChI=1S/C33H39NO5/c1-32(2,3)39-30(35)21-12-14-24-27(17-21)34-19-33(31(36)37)16-8-11-26(33)25-18-22(38-4)13-15-23(25)29(34)28(24)20-9-6-5-7-10-20/h12-15,17-18,20,26H,5-11,16,19H2,1-4H3,(H,36,37)/t26-,33-/m1/s1. The topological polar surface area (TPSA) is 77.8 Å². The average molecular weight is 530 g/mol. The molecule has 0 unspecified atom stereocenters. The van der Waals surface area contributed by atoms with Crippen LogP contribution in [0, 0.1) is 5.41 Å². The number of ether oxygens (including phenoxy) is 2. The van der Waals surface area contributed by atoms with E-state index in [4.69, 9.17) is 9.47 Å². The number of benzene rings is 2. The molecule has 2 saturated carbocycles. The van der Waals surface area contributed by atoms with E-state index >= 15 is 0 Å². The number of nitrogens with zero attached hydrogens (tertiary/aromatic N) is 1. The summed E-state index contributed by atoms with van der Waals surface area (Å²) in [6, 6.07) is 12.1. The number of esters is 1. The largest absolute Gasteiger partial charge is 0.497 e. The van der Waals surface area contributed by atoms with Crippen LogP contribution >= 0.6 is 0 Å². The zero-order valence-corrected chi connectivity index (χ0v) is 23.5. The number of carbonyl (C=O) groups is 2. The smallest absolute Gasteiger partial charge is 0.338 e. The molecule has 2 fully saturated rings. The second-order valence-electron chi connectivity index (χ2n) is 12.8. The number of hydrogen-bond donors (Lipinski definition) is 1. The van der Waals surface area contributed by atoms with Crippen molar-refractivity contribution in [1.82, 2.24) is 4.57 Å². The SMILES string of the molecule is COc1ccc2c(c1)[C@H]1CCC[C@@]1(C(=O)O)Cn1c-2c(C2CCCCC2)c2ccc(C(=O)OC(C)(C)C)cc21. The minimum atomic E-state index is -0.913. The molecule has 3 aliphatic rings. The van der Waals surface area contributed by atoms with Gasteiger partial charge >= 0.3 is 11.9 Å². The molecule has 39 heavy (non-hydrogen) atoms. The van der Waals surface area contributed by atoms with Gasteiger partial charge in [0.1, 0.15) is 11.4 Å². The van der Waals surface area contributed by atoms with Crippen LogP contribution in [0.5, 0.6) is 5.75 Å². The fourth-order valence-electron chi connectivity index (χ4n) is 7.59. The van der Waals surface area contributed by atoms with Crippen LogP contribution in [0.15, 0.2) is 36.4 Å². The van der Waals surface area contributed by atoms with Crippen molar-refractivity contribution in [3.63, 3.8) is 0 Å². The lowest BCUT2D eigenvalue weighted by Gasteiger charge is -2.31. The highest BCUT2D eigenvalue weighted by atomic mass is 16.6. The maximum atomic E-state index is 13.1. The minimum absolute atomic E-state index is 0.0942. The van der Waals surface area contributed by atoms with Crippen LogP contribution in [-0.2, 0) is 16.1 Å². The summed E-state index contributed by atoms with van der Waals surface area (Å²) >= 11 is 0. The molecule has 0 spiro atoms. The van der Waals surface area contributed by atoms with Crippen LogP contribution in [0.25, 0.3) is 22.2 Å². The monoisotopic (exact) mass is 529 g/mol. The molecule has 1 N–H and O–H groups in total. The van der Waals surface area contributed by atoms with E-state index in [1.54, 1.807) is 7.11 Å². The van der Waals surface area contributed by atoms with Crippen LogP contribution < -0.4 is 4.74 Å². The number of carbonyl (C=O) groups excluding carboxylic acids is 1. The first-order valence-electron chi connectivity index (χ1n) is 14.4. The summed E-state index contributed by atoms with van der Waals surface area (Å²) in [6.45, 7) is 6.00. The summed E-state index contributed by atoms with van der Waals surface area (Å²) in [6.07, 6.45) is 8.25. The third-order valence-corrected chi connectivity index (χ3v) is 9.29. The first kappa shape index (κ1) is 26.0. The van der Waals surface area contributed by atoms with E-state index in [0.29, 0.717) is 24.4 Å². The summed E-state index contributed by atoms with van der Waals surface area (Å²) in [4.78, 5) is 26.3. The third-order valence-electron chi connectivity index (χ3n) is 9.29. The van der Waals surface area contributed by atoms with Crippen LogP contribution in [-0.4, -0.2) is 34.3 Å². The van der Waals surface area contributed by atoms with E-state index in [9.17, 15) is 14.7 Å². The van der Waals surface area contributed by atoms with E-state index in [0.717, 1.165) is 59.2 Å². The number of methoxy groups -OCH3 is 1. The average Bonchev–Trinajstić information content (AvgIpc) is 3.45. The molecule has 2 heterocycles. The molecular weight excluding hydrogens is 490 g/mol. The number of rotatable bonds is 4. The van der Waals surface area contributed by atoms with Crippen molar-refractivity contribution in [2.24, 2.45) is 5.41 Å². The Morgan fingerprint density at radius 1 is 1.00 bits per heavy atom. The third kappa shape index (κ3) is 4.23. The molecule has 206 valence electrons. The van der Waals surface area contributed by atoms with Crippen molar-refractivity contribution in [3.8, 4) is 17.0 Å². The Morgan fingerprint density at radius 3 is 2.46 bits per heavy atom. The number of aliphatic carboxylic acids is 1. The van der Waals surface area contributed by atoms with Crippen molar-refractivity contribution in [1.29, 1.82) is 0 Å². The van der Waals surface area contributed by atoms with Gasteiger partial charge in [0, 0.05) is 28.9 Å². The van der Waals surface area contributed by atoms with Crippen molar-refractivity contribution in [3.05, 3.63) is 53.1 Å². The van der Waals surface area contributed by atoms with Crippen molar-refractivity contribution in [2.75, 3.05) is 7.11 Å². The Bertz CT molecular complexity index is 1450. The first-order chi connectivity index (χ1) is 18.6. The van der Waals surface area contributed by atoms with E-state index in [1.807, 2.05) is 39.0 Å². The van der Waals surface area contributed by atoms with Gasteiger partial charge in [0.05, 0.1) is 23.8 Å². The molecule has 2 aromatic carbocycles. The number of fused-ring (bicyclic) bond motifs is 7. The fourth-order valence-corrected chi connectivity index (χ4v) is 7.59. The van der Waals surface area contributed by atoms with Gasteiger partial charge in [-0.3, -0.25) is 4.79 Å². The van der Waals surface area contributed by atoms with E-state index in [1.165, 1.54) is 24.8 Å². The van der Waals surface area contributed by atoms with E-state index in [-0.39, 0.29) is 11.9 Å². The minimum Gasteiger partial charge on any atom is -0.497 e. The summed E-state index contributed by atoms with van der Waals surface area (Å²) in [5.41, 5.74) is 4.56. The maximum absolute atomic E-state index is 13.1. The zero-order chi connectivity index (χ0) is 27.5. The predicted octanol–water partition coefficient (Wildman–Crippen LogP) is 7.67. The molecule has 0 bridgehead atoms. The Morgan fingerprint density at radius 2 is 1.77 bits per heavy atom. The number of carboxylic acids is 1. The Balaban J connectivity index is 1.66. The summed E-state index contributed by atoms with van der Waals surface area (Å²) in [5.74, 6) is -0.0293. The van der Waals surface area contributed by atoms with Gasteiger partial charge in [-0.05, 0) is 93.8 Å². The molecule has 6 rings (SSSR count).